The molecule has 0 aliphatic rings. The van der Waals surface area contributed by atoms with E-state index in [0.29, 0.717) is 3.92 Å². The molecule has 0 aliphatic carbocycles. The number of hydrogen-bond acceptors (Lipinski definition) is 1. The van der Waals surface area contributed by atoms with Crippen LogP contribution in [0.5, 0.6) is 0 Å². The van der Waals surface area contributed by atoms with E-state index in [1.165, 1.54) is 6.42 Å². The molecular formula is C4H10IN. The molecule has 1 unspecified atom stereocenters. The van der Waals surface area contributed by atoms with Gasteiger partial charge in [-0.05, 0) is 6.42 Å². The summed E-state index contributed by atoms with van der Waals surface area (Å²) in [5.74, 6) is 0. The van der Waals surface area contributed by atoms with Crippen LogP contribution in [0.1, 0.15) is 13.3 Å². The molecule has 38 valence electrons. The Balaban J connectivity index is 2.75. The van der Waals surface area contributed by atoms with Crippen LogP contribution in [0.15, 0.2) is 0 Å². The van der Waals surface area contributed by atoms with Gasteiger partial charge in [-0.25, -0.2) is 0 Å². The van der Waals surface area contributed by atoms with Crippen molar-refractivity contribution >= 4 is 22.6 Å². The third kappa shape index (κ3) is 2.90. The predicted octanol–water partition coefficient (Wildman–Crippen LogP) is 1.16. The van der Waals surface area contributed by atoms with E-state index < -0.39 is 0 Å². The lowest BCUT2D eigenvalue weighted by molar-refractivity contribution is 0.855. The molecule has 0 aromatic carbocycles. The monoisotopic (exact) mass is 199 g/mol. The standard InChI is InChI=1S/C4H10IN/c1-2-4(5)3-6/h4H,2-3,6H2,1H3. The molecule has 0 aromatic rings. The van der Waals surface area contributed by atoms with E-state index in [4.69, 9.17) is 5.73 Å². The van der Waals surface area contributed by atoms with E-state index >= 15 is 0 Å². The lowest BCUT2D eigenvalue weighted by Gasteiger charge is -1.96. The van der Waals surface area contributed by atoms with Crippen molar-refractivity contribution in [1.82, 2.24) is 0 Å². The van der Waals surface area contributed by atoms with Crippen molar-refractivity contribution in [2.24, 2.45) is 5.73 Å². The summed E-state index contributed by atoms with van der Waals surface area (Å²) in [6, 6.07) is 0. The molecule has 2 N–H and O–H groups in total. The van der Waals surface area contributed by atoms with Gasteiger partial charge in [-0.15, -0.1) is 0 Å². The molecule has 0 saturated heterocycles. The highest BCUT2D eigenvalue weighted by molar-refractivity contribution is 14.1. The van der Waals surface area contributed by atoms with Crippen LogP contribution < -0.4 is 5.73 Å². The summed E-state index contributed by atoms with van der Waals surface area (Å²) in [6.07, 6.45) is 1.19. The molecule has 0 fully saturated rings. The van der Waals surface area contributed by atoms with Gasteiger partial charge in [0, 0.05) is 10.5 Å². The topological polar surface area (TPSA) is 26.0 Å². The highest BCUT2D eigenvalue weighted by Crippen LogP contribution is 2.00. The minimum atomic E-state index is 0.683. The summed E-state index contributed by atoms with van der Waals surface area (Å²) in [5, 5.41) is 0. The van der Waals surface area contributed by atoms with Gasteiger partial charge in [0.25, 0.3) is 0 Å². The highest BCUT2D eigenvalue weighted by Gasteiger charge is 1.91. The number of rotatable bonds is 2. The lowest BCUT2D eigenvalue weighted by atomic mass is 10.3. The van der Waals surface area contributed by atoms with Crippen LogP contribution in [0.4, 0.5) is 0 Å². The van der Waals surface area contributed by atoms with Crippen molar-refractivity contribution in [2.45, 2.75) is 17.3 Å². The molecule has 6 heavy (non-hydrogen) atoms. The third-order valence-corrected chi connectivity index (χ3v) is 2.09. The summed E-state index contributed by atoms with van der Waals surface area (Å²) in [5.41, 5.74) is 5.28. The molecule has 0 spiro atoms. The Bertz CT molecular complexity index is 26.7. The molecule has 0 saturated carbocycles. The molecule has 0 heterocycles. The molecule has 0 aromatic heterocycles. The van der Waals surface area contributed by atoms with Gasteiger partial charge in [-0.3, -0.25) is 0 Å². The van der Waals surface area contributed by atoms with E-state index in [9.17, 15) is 0 Å². The zero-order chi connectivity index (χ0) is 4.99. The van der Waals surface area contributed by atoms with Crippen molar-refractivity contribution in [1.29, 1.82) is 0 Å². The summed E-state index contributed by atoms with van der Waals surface area (Å²) in [6.45, 7) is 2.96. The Hall–Kier alpha value is 0.690. The average Bonchev–Trinajstić information content (AvgIpc) is 1.65. The minimum Gasteiger partial charge on any atom is -0.329 e. The van der Waals surface area contributed by atoms with Gasteiger partial charge in [0.2, 0.25) is 0 Å². The smallest absolute Gasteiger partial charge is 0.0230 e. The van der Waals surface area contributed by atoms with Gasteiger partial charge >= 0.3 is 0 Å². The van der Waals surface area contributed by atoms with Crippen LogP contribution in [0.25, 0.3) is 0 Å². The second kappa shape index (κ2) is 3.87. The van der Waals surface area contributed by atoms with Gasteiger partial charge in [0.1, 0.15) is 0 Å². The summed E-state index contributed by atoms with van der Waals surface area (Å²) < 4.78 is 0.683. The maximum Gasteiger partial charge on any atom is 0.0230 e. The van der Waals surface area contributed by atoms with E-state index in [0.717, 1.165) is 6.54 Å². The maximum absolute atomic E-state index is 5.28. The fourth-order valence-corrected chi connectivity index (χ4v) is 0.167. The molecule has 0 aliphatic heterocycles. The molecule has 1 atom stereocenters. The van der Waals surface area contributed by atoms with Gasteiger partial charge in [0.05, 0.1) is 0 Å². The molecular weight excluding hydrogens is 189 g/mol. The Morgan fingerprint density at radius 2 is 2.33 bits per heavy atom. The fraction of sp³-hybridized carbons (Fsp3) is 1.00. The SMILES string of the molecule is CCC(I)CN. The van der Waals surface area contributed by atoms with Gasteiger partial charge in [0.15, 0.2) is 0 Å². The van der Waals surface area contributed by atoms with Crippen molar-refractivity contribution in [3.05, 3.63) is 0 Å². The first kappa shape index (κ1) is 6.69. The number of halogens is 1. The highest BCUT2D eigenvalue weighted by atomic mass is 127. The Morgan fingerprint density at radius 1 is 1.83 bits per heavy atom. The van der Waals surface area contributed by atoms with Gasteiger partial charge < -0.3 is 5.73 Å². The molecule has 0 radical (unpaired) electrons. The van der Waals surface area contributed by atoms with Crippen LogP contribution >= 0.6 is 22.6 Å². The number of hydrogen-bond donors (Lipinski definition) is 1. The van der Waals surface area contributed by atoms with Crippen LogP contribution in [-0.2, 0) is 0 Å². The zero-order valence-corrected chi connectivity index (χ0v) is 6.10. The van der Waals surface area contributed by atoms with E-state index in [-0.39, 0.29) is 0 Å². The van der Waals surface area contributed by atoms with Crippen LogP contribution in [0.3, 0.4) is 0 Å². The third-order valence-electron chi connectivity index (χ3n) is 0.699. The second-order valence-corrected chi connectivity index (χ2v) is 3.00. The van der Waals surface area contributed by atoms with Crippen molar-refractivity contribution in [3.63, 3.8) is 0 Å². The quantitative estimate of drug-likeness (QED) is 0.524. The first-order chi connectivity index (χ1) is 2.81. The largest absolute Gasteiger partial charge is 0.329 e. The summed E-state index contributed by atoms with van der Waals surface area (Å²) in [4.78, 5) is 0. The number of alkyl halides is 1. The van der Waals surface area contributed by atoms with Crippen LogP contribution in [0, 0.1) is 0 Å². The Labute approximate surface area is 52.4 Å². The lowest BCUT2D eigenvalue weighted by Crippen LogP contribution is -2.11. The molecule has 0 bridgehead atoms. The summed E-state index contributed by atoms with van der Waals surface area (Å²) in [7, 11) is 0. The summed E-state index contributed by atoms with van der Waals surface area (Å²) >= 11 is 2.34. The van der Waals surface area contributed by atoms with E-state index in [1.807, 2.05) is 0 Å². The van der Waals surface area contributed by atoms with Crippen molar-refractivity contribution in [2.75, 3.05) is 6.54 Å². The van der Waals surface area contributed by atoms with Gasteiger partial charge in [-0.2, -0.15) is 0 Å². The van der Waals surface area contributed by atoms with E-state index in [1.54, 1.807) is 0 Å². The second-order valence-electron chi connectivity index (χ2n) is 1.24. The Kier molecular flexibility index (Phi) is 4.31. The molecule has 0 amide bonds. The minimum absolute atomic E-state index is 0.683. The van der Waals surface area contributed by atoms with Crippen molar-refractivity contribution in [3.8, 4) is 0 Å². The molecule has 0 rings (SSSR count). The van der Waals surface area contributed by atoms with Crippen molar-refractivity contribution < 1.29 is 0 Å². The molecule has 2 heteroatoms. The predicted molar refractivity (Wildman–Crippen MR) is 37.2 cm³/mol. The van der Waals surface area contributed by atoms with Gasteiger partial charge in [-0.1, -0.05) is 29.5 Å². The van der Waals surface area contributed by atoms with Crippen LogP contribution in [-0.4, -0.2) is 10.5 Å². The van der Waals surface area contributed by atoms with Crippen LogP contribution in [0.2, 0.25) is 0 Å². The normalized spacial score (nSPS) is 14.5. The Morgan fingerprint density at radius 3 is 2.33 bits per heavy atom. The maximum atomic E-state index is 5.28. The first-order valence-electron chi connectivity index (χ1n) is 2.15. The number of nitrogens with two attached hydrogens (primary N) is 1. The average molecular weight is 199 g/mol. The first-order valence-corrected chi connectivity index (χ1v) is 3.40. The fourth-order valence-electron chi connectivity index (χ4n) is 0.167. The van der Waals surface area contributed by atoms with E-state index in [2.05, 4.69) is 29.5 Å². The molecule has 1 nitrogen and oxygen atoms in total. The zero-order valence-electron chi connectivity index (χ0n) is 3.95.